The van der Waals surface area contributed by atoms with E-state index in [1.807, 2.05) is 6.92 Å². The average molecular weight is 419 g/mol. The fourth-order valence-electron chi connectivity index (χ4n) is 3.38. The third-order valence-electron chi connectivity index (χ3n) is 4.97. The van der Waals surface area contributed by atoms with Crippen LogP contribution in [0.2, 0.25) is 0 Å². The molecular weight excluding hydrogens is 392 g/mol. The van der Waals surface area contributed by atoms with Crippen molar-refractivity contribution < 1.29 is 18.0 Å². The van der Waals surface area contributed by atoms with Crippen molar-refractivity contribution in [3.63, 3.8) is 0 Å². The average Bonchev–Trinajstić information content (AvgIpc) is 3.07. The topological polar surface area (TPSA) is 101 Å². The number of anilines is 2. The van der Waals surface area contributed by atoms with E-state index >= 15 is 0 Å². The number of nitrogens with one attached hydrogen (secondary N) is 2. The van der Waals surface area contributed by atoms with Gasteiger partial charge in [0.15, 0.2) is 0 Å². The Kier molecular flexibility index (Phi) is 6.09. The Hall–Kier alpha value is -2.65. The Morgan fingerprint density at radius 1 is 1.03 bits per heavy atom. The molecule has 1 saturated heterocycles. The predicted octanol–water partition coefficient (Wildman–Crippen LogP) is 2.72. The molecule has 8 nitrogen and oxygen atoms in total. The van der Waals surface area contributed by atoms with E-state index in [0.717, 1.165) is 24.8 Å². The number of sulfonamides is 1. The smallest absolute Gasteiger partial charge is 0.272 e. The van der Waals surface area contributed by atoms with Gasteiger partial charge in [-0.05, 0) is 43.5 Å². The van der Waals surface area contributed by atoms with Gasteiger partial charge in [0.1, 0.15) is 10.6 Å². The van der Waals surface area contributed by atoms with Crippen molar-refractivity contribution in [1.29, 1.82) is 0 Å². The minimum atomic E-state index is -3.61. The maximum absolute atomic E-state index is 12.9. The number of hydrogen-bond donors (Lipinski definition) is 2. The van der Waals surface area contributed by atoms with Crippen LogP contribution in [0.3, 0.4) is 0 Å². The molecule has 156 valence electrons. The molecule has 9 heteroatoms. The lowest BCUT2D eigenvalue weighted by Gasteiger charge is -2.25. The van der Waals surface area contributed by atoms with E-state index in [0.29, 0.717) is 24.5 Å². The largest absolute Gasteiger partial charge is 0.345 e. The van der Waals surface area contributed by atoms with Gasteiger partial charge in [-0.15, -0.1) is 0 Å². The van der Waals surface area contributed by atoms with E-state index in [1.54, 1.807) is 25.2 Å². The van der Waals surface area contributed by atoms with Crippen molar-refractivity contribution >= 4 is 33.2 Å². The SMILES string of the molecule is CC(=O)Nc1ccc(C)c(NC(=O)c2cc(S(=O)(=O)N3CCCCC3)cn2C)c1. The molecule has 0 spiro atoms. The van der Waals surface area contributed by atoms with Gasteiger partial charge in [0, 0.05) is 44.6 Å². The van der Waals surface area contributed by atoms with Crippen LogP contribution in [0.4, 0.5) is 11.4 Å². The Labute approximate surface area is 170 Å². The molecule has 1 aliphatic heterocycles. The van der Waals surface area contributed by atoms with Crippen molar-refractivity contribution in [2.75, 3.05) is 23.7 Å². The molecule has 0 unspecified atom stereocenters. The summed E-state index contributed by atoms with van der Waals surface area (Å²) in [5.74, 6) is -0.628. The minimum absolute atomic E-state index is 0.121. The zero-order valence-corrected chi connectivity index (χ0v) is 17.7. The molecule has 0 atom stereocenters. The van der Waals surface area contributed by atoms with Crippen LogP contribution in [0.1, 0.15) is 42.2 Å². The summed E-state index contributed by atoms with van der Waals surface area (Å²) >= 11 is 0. The lowest BCUT2D eigenvalue weighted by atomic mass is 10.1. The highest BCUT2D eigenvalue weighted by atomic mass is 32.2. The molecule has 2 amide bonds. The predicted molar refractivity (Wildman–Crippen MR) is 111 cm³/mol. The van der Waals surface area contributed by atoms with E-state index in [1.165, 1.54) is 28.1 Å². The molecule has 29 heavy (non-hydrogen) atoms. The van der Waals surface area contributed by atoms with Crippen LogP contribution in [-0.2, 0) is 21.9 Å². The zero-order chi connectivity index (χ0) is 21.2. The van der Waals surface area contributed by atoms with Crippen LogP contribution in [0.15, 0.2) is 35.4 Å². The van der Waals surface area contributed by atoms with Gasteiger partial charge in [-0.1, -0.05) is 12.5 Å². The molecule has 1 aromatic heterocycles. The van der Waals surface area contributed by atoms with E-state index < -0.39 is 15.9 Å². The number of aryl methyl sites for hydroxylation is 2. The summed E-state index contributed by atoms with van der Waals surface area (Å²) in [4.78, 5) is 24.2. The van der Waals surface area contributed by atoms with Gasteiger partial charge >= 0.3 is 0 Å². The Bertz CT molecular complexity index is 1040. The molecule has 0 saturated carbocycles. The van der Waals surface area contributed by atoms with Crippen LogP contribution >= 0.6 is 0 Å². The fraction of sp³-hybridized carbons (Fsp3) is 0.400. The normalized spacial score (nSPS) is 15.1. The number of benzene rings is 1. The lowest BCUT2D eigenvalue weighted by molar-refractivity contribution is -0.114. The van der Waals surface area contributed by atoms with Gasteiger partial charge in [0.2, 0.25) is 15.9 Å². The molecule has 0 radical (unpaired) electrons. The number of aromatic nitrogens is 1. The zero-order valence-electron chi connectivity index (χ0n) is 16.9. The summed E-state index contributed by atoms with van der Waals surface area (Å²) in [5.41, 5.74) is 2.18. The first-order valence-corrected chi connectivity index (χ1v) is 11.0. The molecule has 2 N–H and O–H groups in total. The monoisotopic (exact) mass is 418 g/mol. The lowest BCUT2D eigenvalue weighted by Crippen LogP contribution is -2.35. The van der Waals surface area contributed by atoms with Crippen molar-refractivity contribution in [1.82, 2.24) is 8.87 Å². The highest BCUT2D eigenvalue weighted by molar-refractivity contribution is 7.89. The van der Waals surface area contributed by atoms with E-state index in [9.17, 15) is 18.0 Å². The molecule has 1 aromatic carbocycles. The molecule has 1 fully saturated rings. The first-order valence-electron chi connectivity index (χ1n) is 9.54. The first-order chi connectivity index (χ1) is 13.7. The first kappa shape index (κ1) is 21.1. The van der Waals surface area contributed by atoms with Crippen molar-refractivity contribution in [3.05, 3.63) is 41.7 Å². The standard InChI is InChI=1S/C20H26N4O4S/c1-14-7-8-16(21-15(2)25)11-18(14)22-20(26)19-12-17(13-23(19)3)29(27,28)24-9-5-4-6-10-24/h7-8,11-13H,4-6,9-10H2,1-3H3,(H,21,25)(H,22,26). The quantitative estimate of drug-likeness (QED) is 0.780. The highest BCUT2D eigenvalue weighted by Crippen LogP contribution is 2.24. The Balaban J connectivity index is 1.83. The summed E-state index contributed by atoms with van der Waals surface area (Å²) in [7, 11) is -1.97. The summed E-state index contributed by atoms with van der Waals surface area (Å²) in [6.45, 7) is 4.26. The minimum Gasteiger partial charge on any atom is -0.345 e. The van der Waals surface area contributed by atoms with E-state index in [4.69, 9.17) is 0 Å². The van der Waals surface area contributed by atoms with Gasteiger partial charge < -0.3 is 15.2 Å². The summed E-state index contributed by atoms with van der Waals surface area (Å²) < 4.78 is 28.7. The number of rotatable bonds is 5. The van der Waals surface area contributed by atoms with Crippen LogP contribution in [0, 0.1) is 6.92 Å². The second kappa shape index (κ2) is 8.38. The third kappa shape index (κ3) is 4.68. The van der Waals surface area contributed by atoms with E-state index in [2.05, 4.69) is 10.6 Å². The molecule has 0 aliphatic carbocycles. The second-order valence-electron chi connectivity index (χ2n) is 7.30. The third-order valence-corrected chi connectivity index (χ3v) is 6.84. The maximum atomic E-state index is 12.9. The van der Waals surface area contributed by atoms with Gasteiger partial charge in [-0.25, -0.2) is 8.42 Å². The van der Waals surface area contributed by atoms with Crippen LogP contribution in [-0.4, -0.2) is 42.2 Å². The molecule has 2 aromatic rings. The maximum Gasteiger partial charge on any atom is 0.272 e. The molecule has 0 bridgehead atoms. The number of hydrogen-bond acceptors (Lipinski definition) is 4. The number of carbonyl (C=O) groups excluding carboxylic acids is 2. The summed E-state index contributed by atoms with van der Waals surface area (Å²) in [6.07, 6.45) is 4.21. The van der Waals surface area contributed by atoms with Gasteiger partial charge in [-0.2, -0.15) is 4.31 Å². The van der Waals surface area contributed by atoms with Crippen molar-refractivity contribution in [2.45, 2.75) is 38.0 Å². The van der Waals surface area contributed by atoms with Crippen molar-refractivity contribution in [3.8, 4) is 0 Å². The Morgan fingerprint density at radius 2 is 1.72 bits per heavy atom. The molecule has 3 rings (SSSR count). The van der Waals surface area contributed by atoms with Gasteiger partial charge in [0.05, 0.1) is 0 Å². The second-order valence-corrected chi connectivity index (χ2v) is 9.24. The van der Waals surface area contributed by atoms with Gasteiger partial charge in [-0.3, -0.25) is 9.59 Å². The number of carbonyl (C=O) groups is 2. The Morgan fingerprint density at radius 3 is 2.38 bits per heavy atom. The van der Waals surface area contributed by atoms with Crippen molar-refractivity contribution in [2.24, 2.45) is 7.05 Å². The summed E-state index contributed by atoms with van der Waals surface area (Å²) in [6, 6.07) is 6.62. The van der Waals surface area contributed by atoms with Crippen LogP contribution in [0.5, 0.6) is 0 Å². The number of piperidine rings is 1. The number of amides is 2. The number of nitrogens with zero attached hydrogens (tertiary/aromatic N) is 2. The summed E-state index contributed by atoms with van der Waals surface area (Å²) in [5, 5.41) is 5.48. The molecular formula is C20H26N4O4S. The van der Waals surface area contributed by atoms with E-state index in [-0.39, 0.29) is 16.5 Å². The highest BCUT2D eigenvalue weighted by Gasteiger charge is 2.28. The molecule has 2 heterocycles. The van der Waals surface area contributed by atoms with Crippen LogP contribution < -0.4 is 10.6 Å². The fourth-order valence-corrected chi connectivity index (χ4v) is 4.97. The van der Waals surface area contributed by atoms with Crippen LogP contribution in [0.25, 0.3) is 0 Å². The van der Waals surface area contributed by atoms with Gasteiger partial charge in [0.25, 0.3) is 5.91 Å². The molecule has 1 aliphatic rings.